The summed E-state index contributed by atoms with van der Waals surface area (Å²) in [6.45, 7) is 1.12. The van der Waals surface area contributed by atoms with Gasteiger partial charge >= 0.3 is 6.09 Å². The lowest BCUT2D eigenvalue weighted by molar-refractivity contribution is 0.0942. The molecule has 0 unspecified atom stereocenters. The lowest BCUT2D eigenvalue weighted by Crippen LogP contribution is -2.33. The van der Waals surface area contributed by atoms with E-state index in [1.807, 2.05) is 19.0 Å². The highest BCUT2D eigenvalue weighted by Gasteiger charge is 2.27. The molecule has 2 amide bonds. The molecule has 3 aromatic rings. The van der Waals surface area contributed by atoms with Crippen LogP contribution >= 0.6 is 0 Å². The largest absolute Gasteiger partial charge is 0.418 e. The first-order valence-electron chi connectivity index (χ1n) is 10.7. The zero-order valence-electron chi connectivity index (χ0n) is 19.1. The third-order valence-corrected chi connectivity index (χ3v) is 5.00. The van der Waals surface area contributed by atoms with E-state index in [4.69, 9.17) is 4.74 Å². The van der Waals surface area contributed by atoms with E-state index in [1.165, 1.54) is 17.2 Å². The van der Waals surface area contributed by atoms with E-state index in [0.717, 1.165) is 18.5 Å². The molecule has 4 rings (SSSR count). The molecule has 178 valence electrons. The smallest absolute Gasteiger partial charge is 0.387 e. The van der Waals surface area contributed by atoms with Gasteiger partial charge in [0, 0.05) is 26.1 Å². The van der Waals surface area contributed by atoms with E-state index in [-0.39, 0.29) is 29.0 Å². The zero-order valence-corrected chi connectivity index (χ0v) is 19.1. The van der Waals surface area contributed by atoms with Gasteiger partial charge in [-0.15, -0.1) is 0 Å². The van der Waals surface area contributed by atoms with Crippen LogP contribution in [0, 0.1) is 0 Å². The minimum Gasteiger partial charge on any atom is -0.387 e. The van der Waals surface area contributed by atoms with Crippen molar-refractivity contribution in [2.75, 3.05) is 37.8 Å². The minimum absolute atomic E-state index is 0.00614. The van der Waals surface area contributed by atoms with Crippen LogP contribution in [0.3, 0.4) is 0 Å². The summed E-state index contributed by atoms with van der Waals surface area (Å²) < 4.78 is 6.88. The number of hydrogen-bond donors (Lipinski definition) is 3. The number of aryl methyl sites for hydroxylation is 1. The van der Waals surface area contributed by atoms with Gasteiger partial charge in [0.1, 0.15) is 12.0 Å². The summed E-state index contributed by atoms with van der Waals surface area (Å²) in [6.07, 6.45) is 8.77. The zero-order chi connectivity index (χ0) is 24.1. The van der Waals surface area contributed by atoms with Crippen LogP contribution in [0.2, 0.25) is 0 Å². The van der Waals surface area contributed by atoms with Crippen molar-refractivity contribution in [2.45, 2.75) is 18.8 Å². The molecule has 13 nitrogen and oxygen atoms in total. The Morgan fingerprint density at radius 3 is 2.65 bits per heavy atom. The lowest BCUT2D eigenvalue weighted by Gasteiger charge is -2.13. The van der Waals surface area contributed by atoms with Crippen molar-refractivity contribution in [2.24, 2.45) is 7.05 Å². The van der Waals surface area contributed by atoms with Gasteiger partial charge in [-0.2, -0.15) is 5.10 Å². The summed E-state index contributed by atoms with van der Waals surface area (Å²) in [5.41, 5.74) is 1.73. The van der Waals surface area contributed by atoms with Crippen LogP contribution in [0.4, 0.5) is 22.0 Å². The maximum Gasteiger partial charge on any atom is 0.418 e. The molecule has 13 heteroatoms. The van der Waals surface area contributed by atoms with Crippen LogP contribution in [-0.4, -0.2) is 73.8 Å². The minimum atomic E-state index is -0.829. The number of ether oxygens (including phenoxy) is 1. The summed E-state index contributed by atoms with van der Waals surface area (Å²) in [6, 6.07) is 0. The Morgan fingerprint density at radius 1 is 1.18 bits per heavy atom. The second kappa shape index (κ2) is 10.2. The lowest BCUT2D eigenvalue weighted by atomic mass is 10.3. The van der Waals surface area contributed by atoms with Gasteiger partial charge in [-0.3, -0.25) is 14.8 Å². The van der Waals surface area contributed by atoms with E-state index in [1.54, 1.807) is 25.6 Å². The van der Waals surface area contributed by atoms with Crippen LogP contribution in [0.5, 0.6) is 5.88 Å². The molecule has 1 saturated carbocycles. The average Bonchev–Trinajstić information content (AvgIpc) is 3.59. The highest BCUT2D eigenvalue weighted by atomic mass is 16.6. The molecule has 0 aliphatic heterocycles. The normalized spacial score (nSPS) is 12.9. The first kappa shape index (κ1) is 23.0. The van der Waals surface area contributed by atoms with Crippen molar-refractivity contribution in [3.63, 3.8) is 0 Å². The van der Waals surface area contributed by atoms with Gasteiger partial charge in [0.15, 0.2) is 5.82 Å². The second-order valence-corrected chi connectivity index (χ2v) is 8.08. The summed E-state index contributed by atoms with van der Waals surface area (Å²) in [5, 5.41) is 12.5. The monoisotopic (exact) mass is 466 g/mol. The topological polar surface area (TPSA) is 152 Å². The number of nitrogens with zero attached hydrogens (tertiary/aromatic N) is 7. The number of nitrogens with one attached hydrogen (secondary N) is 3. The molecule has 0 atom stereocenters. The maximum absolute atomic E-state index is 12.7. The Bertz CT molecular complexity index is 1160. The number of amides is 2. The molecule has 3 N–H and O–H groups in total. The second-order valence-electron chi connectivity index (χ2n) is 8.08. The van der Waals surface area contributed by atoms with E-state index >= 15 is 0 Å². The summed E-state index contributed by atoms with van der Waals surface area (Å²) >= 11 is 0. The number of carbonyl (C=O) groups excluding carboxylic acids is 2. The predicted molar refractivity (Wildman–Crippen MR) is 123 cm³/mol. The number of rotatable bonds is 9. The Morgan fingerprint density at radius 2 is 1.94 bits per heavy atom. The fraction of sp³-hybridized carbons (Fsp3) is 0.381. The van der Waals surface area contributed by atoms with Crippen LogP contribution in [0.1, 0.15) is 34.9 Å². The summed E-state index contributed by atoms with van der Waals surface area (Å²) in [4.78, 5) is 44.1. The first-order valence-corrected chi connectivity index (χ1v) is 10.7. The molecule has 0 bridgehead atoms. The SMILES string of the molecule is CN(C)CCNC(=O)c1c(NC(=O)Oc2nc(C3CC3)cnc2Nc2cncnc2)cnn1C. The van der Waals surface area contributed by atoms with Crippen molar-refractivity contribution in [1.29, 1.82) is 0 Å². The van der Waals surface area contributed by atoms with E-state index < -0.39 is 6.09 Å². The number of anilines is 3. The maximum atomic E-state index is 12.7. The van der Waals surface area contributed by atoms with Gasteiger partial charge in [0.25, 0.3) is 11.8 Å². The highest BCUT2D eigenvalue weighted by molar-refractivity contribution is 6.01. The Kier molecular flexibility index (Phi) is 6.92. The van der Waals surface area contributed by atoms with Crippen LogP contribution < -0.4 is 20.7 Å². The molecule has 34 heavy (non-hydrogen) atoms. The molecule has 0 saturated heterocycles. The number of hydrogen-bond acceptors (Lipinski definition) is 10. The third kappa shape index (κ3) is 5.81. The average molecular weight is 467 g/mol. The van der Waals surface area contributed by atoms with E-state index in [2.05, 4.69) is 41.0 Å². The molecular weight excluding hydrogens is 440 g/mol. The van der Waals surface area contributed by atoms with Crippen molar-refractivity contribution >= 4 is 29.2 Å². The van der Waals surface area contributed by atoms with E-state index in [9.17, 15) is 9.59 Å². The van der Waals surface area contributed by atoms with Gasteiger partial charge in [0.2, 0.25) is 0 Å². The standard InChI is InChI=1S/C21H26N10O3/c1-30(2)7-6-24-19(32)17-16(11-26-31(17)3)29-21(33)34-20-18(27-14-8-22-12-23-9-14)25-10-15(28-20)13-4-5-13/h8-13H,4-7H2,1-3H3,(H,24,32)(H,25,27)(H,29,33). The Labute approximate surface area is 196 Å². The Hall–Kier alpha value is -4.13. The van der Waals surface area contributed by atoms with E-state index in [0.29, 0.717) is 24.7 Å². The van der Waals surface area contributed by atoms with Gasteiger partial charge < -0.3 is 20.3 Å². The van der Waals surface area contributed by atoms with Crippen LogP contribution in [0.25, 0.3) is 0 Å². The fourth-order valence-corrected chi connectivity index (χ4v) is 3.12. The molecule has 1 aliphatic rings. The van der Waals surface area contributed by atoms with Crippen molar-refractivity contribution < 1.29 is 14.3 Å². The molecule has 0 spiro atoms. The van der Waals surface area contributed by atoms with Crippen molar-refractivity contribution in [3.8, 4) is 5.88 Å². The molecule has 0 radical (unpaired) electrons. The molecule has 0 aromatic carbocycles. The Balaban J connectivity index is 1.49. The predicted octanol–water partition coefficient (Wildman–Crippen LogP) is 1.52. The summed E-state index contributed by atoms with van der Waals surface area (Å²) in [5.74, 6) is 0.190. The number of aromatic nitrogens is 6. The van der Waals surface area contributed by atoms with Crippen LogP contribution in [-0.2, 0) is 7.05 Å². The number of likely N-dealkylation sites (N-methyl/N-ethyl adjacent to an activating group) is 1. The molecular formula is C21H26N10O3. The van der Waals surface area contributed by atoms with Gasteiger partial charge in [-0.05, 0) is 26.9 Å². The molecule has 1 fully saturated rings. The van der Waals surface area contributed by atoms with Crippen molar-refractivity contribution in [1.82, 2.24) is 39.9 Å². The highest BCUT2D eigenvalue weighted by Crippen LogP contribution is 2.40. The van der Waals surface area contributed by atoms with Gasteiger partial charge in [0.05, 0.1) is 41.9 Å². The quantitative estimate of drug-likeness (QED) is 0.423. The number of carbonyl (C=O) groups is 2. The molecule has 3 heterocycles. The molecule has 1 aliphatic carbocycles. The fourth-order valence-electron chi connectivity index (χ4n) is 3.12. The van der Waals surface area contributed by atoms with Crippen LogP contribution in [0.15, 0.2) is 31.1 Å². The van der Waals surface area contributed by atoms with Crippen molar-refractivity contribution in [3.05, 3.63) is 42.5 Å². The van der Waals surface area contributed by atoms with Gasteiger partial charge in [-0.25, -0.2) is 24.7 Å². The first-order chi connectivity index (χ1) is 16.4. The summed E-state index contributed by atoms with van der Waals surface area (Å²) in [7, 11) is 5.44. The molecule has 3 aromatic heterocycles. The third-order valence-electron chi connectivity index (χ3n) is 5.00. The van der Waals surface area contributed by atoms with Gasteiger partial charge in [-0.1, -0.05) is 0 Å².